The van der Waals surface area contributed by atoms with Gasteiger partial charge in [-0.3, -0.25) is 4.79 Å². The number of halogens is 1. The number of aryl methyl sites for hydroxylation is 1. The molecule has 0 bridgehead atoms. The summed E-state index contributed by atoms with van der Waals surface area (Å²) in [6.07, 6.45) is 0. The zero-order valence-corrected chi connectivity index (χ0v) is 14.6. The minimum atomic E-state index is -0.661. The lowest BCUT2D eigenvalue weighted by Gasteiger charge is -2.11. The van der Waals surface area contributed by atoms with Gasteiger partial charge in [0.05, 0.1) is 12.8 Å². The van der Waals surface area contributed by atoms with Crippen LogP contribution in [-0.2, 0) is 14.3 Å². The molecule has 132 valence electrons. The van der Waals surface area contributed by atoms with E-state index >= 15 is 0 Å². The van der Waals surface area contributed by atoms with Crippen LogP contribution in [0, 0.1) is 6.92 Å². The van der Waals surface area contributed by atoms with E-state index < -0.39 is 18.5 Å². The van der Waals surface area contributed by atoms with E-state index in [0.29, 0.717) is 22.2 Å². The van der Waals surface area contributed by atoms with Crippen LogP contribution in [0.1, 0.15) is 5.56 Å². The fourth-order valence-electron chi connectivity index (χ4n) is 1.99. The van der Waals surface area contributed by atoms with E-state index in [4.69, 9.17) is 25.8 Å². The van der Waals surface area contributed by atoms with Crippen LogP contribution < -0.4 is 14.8 Å². The summed E-state index contributed by atoms with van der Waals surface area (Å²) in [7, 11) is 1.51. The summed E-state index contributed by atoms with van der Waals surface area (Å²) in [5.41, 5.74) is 1.47. The number of esters is 1. The van der Waals surface area contributed by atoms with E-state index in [1.54, 1.807) is 36.4 Å². The molecule has 0 radical (unpaired) electrons. The minimum Gasteiger partial charge on any atom is -0.495 e. The molecule has 0 aromatic heterocycles. The number of ether oxygens (including phenoxy) is 3. The molecule has 0 aliphatic heterocycles. The molecule has 25 heavy (non-hydrogen) atoms. The maximum Gasteiger partial charge on any atom is 0.344 e. The molecule has 2 rings (SSSR count). The Morgan fingerprint density at radius 1 is 1.12 bits per heavy atom. The SMILES string of the molecule is COc1ccc(C)cc1NC(=O)COC(=O)COc1cccc(Cl)c1. The molecule has 0 saturated carbocycles. The first kappa shape index (κ1) is 18.6. The van der Waals surface area contributed by atoms with Gasteiger partial charge in [0.2, 0.25) is 0 Å². The Morgan fingerprint density at radius 2 is 1.92 bits per heavy atom. The van der Waals surface area contributed by atoms with Gasteiger partial charge in [-0.25, -0.2) is 4.79 Å². The molecule has 0 fully saturated rings. The molecule has 0 heterocycles. The number of methoxy groups -OCH3 is 1. The van der Waals surface area contributed by atoms with Gasteiger partial charge in [-0.15, -0.1) is 0 Å². The Hall–Kier alpha value is -2.73. The molecule has 0 spiro atoms. The first-order valence-corrected chi connectivity index (χ1v) is 7.84. The van der Waals surface area contributed by atoms with Gasteiger partial charge in [-0.05, 0) is 42.8 Å². The van der Waals surface area contributed by atoms with E-state index in [-0.39, 0.29) is 6.61 Å². The highest BCUT2D eigenvalue weighted by molar-refractivity contribution is 6.30. The Labute approximate surface area is 150 Å². The molecule has 2 aromatic carbocycles. The summed E-state index contributed by atoms with van der Waals surface area (Å²) in [5, 5.41) is 3.14. The third-order valence-corrected chi connectivity index (χ3v) is 3.38. The van der Waals surface area contributed by atoms with Crippen molar-refractivity contribution >= 4 is 29.2 Å². The Morgan fingerprint density at radius 3 is 2.64 bits per heavy atom. The second-order valence-electron chi connectivity index (χ2n) is 5.16. The predicted octanol–water partition coefficient (Wildman–Crippen LogP) is 3.22. The second-order valence-corrected chi connectivity index (χ2v) is 5.60. The highest BCUT2D eigenvalue weighted by atomic mass is 35.5. The number of amides is 1. The fourth-order valence-corrected chi connectivity index (χ4v) is 2.17. The molecule has 2 aromatic rings. The van der Waals surface area contributed by atoms with E-state index in [9.17, 15) is 9.59 Å². The fraction of sp³-hybridized carbons (Fsp3) is 0.222. The Bertz CT molecular complexity index is 763. The van der Waals surface area contributed by atoms with E-state index in [2.05, 4.69) is 5.32 Å². The van der Waals surface area contributed by atoms with Gasteiger partial charge in [0.25, 0.3) is 5.91 Å². The van der Waals surface area contributed by atoms with Crippen molar-refractivity contribution in [1.82, 2.24) is 0 Å². The van der Waals surface area contributed by atoms with E-state index in [1.165, 1.54) is 7.11 Å². The molecule has 6 nitrogen and oxygen atoms in total. The van der Waals surface area contributed by atoms with Crippen LogP contribution in [0.3, 0.4) is 0 Å². The molecule has 0 saturated heterocycles. The average molecular weight is 364 g/mol. The largest absolute Gasteiger partial charge is 0.495 e. The lowest BCUT2D eigenvalue weighted by atomic mass is 10.2. The lowest BCUT2D eigenvalue weighted by molar-refractivity contribution is -0.149. The van der Waals surface area contributed by atoms with Crippen molar-refractivity contribution < 1.29 is 23.8 Å². The second kappa shape index (κ2) is 8.94. The van der Waals surface area contributed by atoms with Gasteiger partial charge >= 0.3 is 5.97 Å². The number of benzene rings is 2. The van der Waals surface area contributed by atoms with Crippen molar-refractivity contribution in [2.75, 3.05) is 25.6 Å². The maximum absolute atomic E-state index is 11.9. The van der Waals surface area contributed by atoms with Crippen LogP contribution in [0.2, 0.25) is 5.02 Å². The highest BCUT2D eigenvalue weighted by Crippen LogP contribution is 2.25. The average Bonchev–Trinajstić information content (AvgIpc) is 2.58. The van der Waals surface area contributed by atoms with Gasteiger partial charge in [0, 0.05) is 5.02 Å². The van der Waals surface area contributed by atoms with Crippen LogP contribution in [0.15, 0.2) is 42.5 Å². The first-order valence-electron chi connectivity index (χ1n) is 7.46. The predicted molar refractivity (Wildman–Crippen MR) is 94.3 cm³/mol. The van der Waals surface area contributed by atoms with Crippen molar-refractivity contribution in [3.05, 3.63) is 53.1 Å². The molecule has 0 aliphatic rings. The van der Waals surface area contributed by atoms with Crippen molar-refractivity contribution in [2.24, 2.45) is 0 Å². The molecule has 7 heteroatoms. The third kappa shape index (κ3) is 6.00. The molecule has 1 amide bonds. The quantitative estimate of drug-likeness (QED) is 0.764. The lowest BCUT2D eigenvalue weighted by Crippen LogP contribution is -2.23. The summed E-state index contributed by atoms with van der Waals surface area (Å²) in [5.74, 6) is -0.167. The summed E-state index contributed by atoms with van der Waals surface area (Å²) >= 11 is 5.82. The van der Waals surface area contributed by atoms with Gasteiger partial charge in [-0.2, -0.15) is 0 Å². The van der Waals surface area contributed by atoms with Crippen LogP contribution >= 0.6 is 11.6 Å². The standard InChI is InChI=1S/C18H18ClNO5/c1-12-6-7-16(23-2)15(8-12)20-17(21)10-25-18(22)11-24-14-5-3-4-13(19)9-14/h3-9H,10-11H2,1-2H3,(H,20,21). The first-order chi connectivity index (χ1) is 12.0. The zero-order valence-electron chi connectivity index (χ0n) is 13.9. The van der Waals surface area contributed by atoms with Crippen molar-refractivity contribution in [2.45, 2.75) is 6.92 Å². The number of carbonyl (C=O) groups excluding carboxylic acids is 2. The minimum absolute atomic E-state index is 0.318. The highest BCUT2D eigenvalue weighted by Gasteiger charge is 2.11. The van der Waals surface area contributed by atoms with Gasteiger partial charge in [0.15, 0.2) is 13.2 Å². The van der Waals surface area contributed by atoms with Crippen LogP contribution in [0.4, 0.5) is 5.69 Å². The third-order valence-electron chi connectivity index (χ3n) is 3.15. The van der Waals surface area contributed by atoms with E-state index in [0.717, 1.165) is 5.56 Å². The van der Waals surface area contributed by atoms with Crippen molar-refractivity contribution in [1.29, 1.82) is 0 Å². The number of anilines is 1. The number of hydrogen-bond donors (Lipinski definition) is 1. The van der Waals surface area contributed by atoms with Crippen LogP contribution in [0.25, 0.3) is 0 Å². The molecule has 1 N–H and O–H groups in total. The van der Waals surface area contributed by atoms with Crippen molar-refractivity contribution in [3.8, 4) is 11.5 Å². The molecular formula is C18H18ClNO5. The smallest absolute Gasteiger partial charge is 0.344 e. The van der Waals surface area contributed by atoms with Gasteiger partial charge in [-0.1, -0.05) is 23.7 Å². The molecule has 0 unspecified atom stereocenters. The number of carbonyl (C=O) groups is 2. The van der Waals surface area contributed by atoms with E-state index in [1.807, 2.05) is 13.0 Å². The number of hydrogen-bond acceptors (Lipinski definition) is 5. The molecule has 0 aliphatic carbocycles. The van der Waals surface area contributed by atoms with Crippen LogP contribution in [-0.4, -0.2) is 32.2 Å². The normalized spacial score (nSPS) is 10.0. The monoisotopic (exact) mass is 363 g/mol. The van der Waals surface area contributed by atoms with Crippen LogP contribution in [0.5, 0.6) is 11.5 Å². The summed E-state index contributed by atoms with van der Waals surface area (Å²) in [6.45, 7) is 1.15. The Kier molecular flexibility index (Phi) is 6.65. The summed E-state index contributed by atoms with van der Waals surface area (Å²) in [4.78, 5) is 23.6. The molecular weight excluding hydrogens is 346 g/mol. The maximum atomic E-state index is 11.9. The number of nitrogens with one attached hydrogen (secondary N) is 1. The molecule has 0 atom stereocenters. The van der Waals surface area contributed by atoms with Gasteiger partial charge in [0.1, 0.15) is 11.5 Å². The Balaban J connectivity index is 1.79. The summed E-state index contributed by atoms with van der Waals surface area (Å²) in [6, 6.07) is 12.0. The number of rotatable bonds is 7. The zero-order chi connectivity index (χ0) is 18.2. The van der Waals surface area contributed by atoms with Gasteiger partial charge < -0.3 is 19.5 Å². The topological polar surface area (TPSA) is 73.9 Å². The summed E-state index contributed by atoms with van der Waals surface area (Å²) < 4.78 is 15.3. The van der Waals surface area contributed by atoms with Crippen molar-refractivity contribution in [3.63, 3.8) is 0 Å².